The Hall–Kier alpha value is -1.82. The van der Waals surface area contributed by atoms with Crippen molar-refractivity contribution in [2.24, 2.45) is 12.0 Å². The Labute approximate surface area is 133 Å². The molecule has 1 aliphatic heterocycles. The standard InChI is InChI=1S/C16H19N3O2S/c1-19-16(17-12-5-3-2-4-6-12)22-15(18-19)11-7-8-13-14(9-11)21-10-20-13/h7-9,12H,2-6,10H2,1H3/b17-16+. The summed E-state index contributed by atoms with van der Waals surface area (Å²) in [6, 6.07) is 6.42. The third-order valence-corrected chi connectivity index (χ3v) is 5.26. The van der Waals surface area contributed by atoms with Crippen molar-refractivity contribution < 1.29 is 9.47 Å². The number of hydrogen-bond donors (Lipinski definition) is 0. The highest BCUT2D eigenvalue weighted by molar-refractivity contribution is 7.12. The zero-order valence-corrected chi connectivity index (χ0v) is 13.4. The fourth-order valence-electron chi connectivity index (χ4n) is 2.97. The molecule has 5 nitrogen and oxygen atoms in total. The van der Waals surface area contributed by atoms with Gasteiger partial charge in [0.25, 0.3) is 0 Å². The van der Waals surface area contributed by atoms with Gasteiger partial charge in [0.15, 0.2) is 11.5 Å². The third kappa shape index (κ3) is 2.63. The molecule has 116 valence electrons. The van der Waals surface area contributed by atoms with Crippen LogP contribution in [0.5, 0.6) is 11.5 Å². The number of aryl methyl sites for hydroxylation is 1. The van der Waals surface area contributed by atoms with Gasteiger partial charge in [0, 0.05) is 12.6 Å². The molecule has 0 radical (unpaired) electrons. The molecule has 0 N–H and O–H groups in total. The molecule has 0 atom stereocenters. The van der Waals surface area contributed by atoms with E-state index in [0.29, 0.717) is 12.8 Å². The molecular weight excluding hydrogens is 298 g/mol. The Bertz CT molecular complexity index is 744. The minimum absolute atomic E-state index is 0.298. The first-order valence-electron chi connectivity index (χ1n) is 7.77. The highest BCUT2D eigenvalue weighted by atomic mass is 32.1. The van der Waals surface area contributed by atoms with Crippen molar-refractivity contribution in [3.63, 3.8) is 0 Å². The van der Waals surface area contributed by atoms with E-state index in [9.17, 15) is 0 Å². The summed E-state index contributed by atoms with van der Waals surface area (Å²) in [5.74, 6) is 1.60. The number of benzene rings is 1. The number of fused-ring (bicyclic) bond motifs is 1. The van der Waals surface area contributed by atoms with E-state index < -0.39 is 0 Å². The molecule has 2 aromatic rings. The summed E-state index contributed by atoms with van der Waals surface area (Å²) >= 11 is 1.64. The van der Waals surface area contributed by atoms with Crippen LogP contribution in [-0.2, 0) is 7.05 Å². The van der Waals surface area contributed by atoms with Crippen molar-refractivity contribution in [1.29, 1.82) is 0 Å². The summed E-state index contributed by atoms with van der Waals surface area (Å²) in [5.41, 5.74) is 1.05. The molecule has 4 rings (SSSR count). The molecule has 2 aliphatic rings. The van der Waals surface area contributed by atoms with Crippen LogP contribution in [-0.4, -0.2) is 22.6 Å². The number of rotatable bonds is 2. The van der Waals surface area contributed by atoms with Crippen molar-refractivity contribution in [2.75, 3.05) is 6.79 Å². The summed E-state index contributed by atoms with van der Waals surface area (Å²) in [4.78, 5) is 5.90. The molecule has 1 fully saturated rings. The van der Waals surface area contributed by atoms with Crippen LogP contribution >= 0.6 is 11.3 Å². The molecule has 0 spiro atoms. The van der Waals surface area contributed by atoms with Gasteiger partial charge in [-0.2, -0.15) is 5.10 Å². The second-order valence-electron chi connectivity index (χ2n) is 5.80. The summed E-state index contributed by atoms with van der Waals surface area (Å²) < 4.78 is 12.7. The van der Waals surface area contributed by atoms with E-state index in [1.54, 1.807) is 11.3 Å². The largest absolute Gasteiger partial charge is 0.454 e. The van der Waals surface area contributed by atoms with Gasteiger partial charge in [-0.15, -0.1) is 0 Å². The summed E-state index contributed by atoms with van der Waals surface area (Å²) in [6.07, 6.45) is 6.36. The van der Waals surface area contributed by atoms with E-state index in [4.69, 9.17) is 14.5 Å². The van der Waals surface area contributed by atoms with Gasteiger partial charge in [0.2, 0.25) is 11.6 Å². The minimum atomic E-state index is 0.298. The van der Waals surface area contributed by atoms with Gasteiger partial charge in [-0.05, 0) is 31.0 Å². The van der Waals surface area contributed by atoms with Gasteiger partial charge >= 0.3 is 0 Å². The smallest absolute Gasteiger partial charge is 0.231 e. The predicted octanol–water partition coefficient (Wildman–Crippen LogP) is 3.11. The van der Waals surface area contributed by atoms with E-state index in [1.165, 1.54) is 32.1 Å². The predicted molar refractivity (Wildman–Crippen MR) is 85.1 cm³/mol. The lowest BCUT2D eigenvalue weighted by Crippen LogP contribution is -2.18. The molecular formula is C16H19N3O2S. The Balaban J connectivity index is 1.66. The van der Waals surface area contributed by atoms with E-state index >= 15 is 0 Å². The summed E-state index contributed by atoms with van der Waals surface area (Å²) in [5, 5.41) is 5.58. The van der Waals surface area contributed by atoms with Crippen LogP contribution in [0.25, 0.3) is 10.6 Å². The summed E-state index contributed by atoms with van der Waals surface area (Å²) in [7, 11) is 1.97. The molecule has 22 heavy (non-hydrogen) atoms. The highest BCUT2D eigenvalue weighted by Crippen LogP contribution is 2.35. The maximum absolute atomic E-state index is 5.44. The second kappa shape index (κ2) is 5.76. The minimum Gasteiger partial charge on any atom is -0.454 e. The lowest BCUT2D eigenvalue weighted by molar-refractivity contribution is 0.174. The summed E-state index contributed by atoms with van der Waals surface area (Å²) in [6.45, 7) is 0.298. The molecule has 0 unspecified atom stereocenters. The SMILES string of the molecule is Cn1nc(-c2ccc3c(c2)OCO3)s/c1=N/C1CCCCC1. The Morgan fingerprint density at radius 2 is 2.00 bits per heavy atom. The van der Waals surface area contributed by atoms with Crippen molar-refractivity contribution in [2.45, 2.75) is 38.1 Å². The molecule has 0 bridgehead atoms. The lowest BCUT2D eigenvalue weighted by atomic mass is 9.96. The normalized spacial score (nSPS) is 18.9. The van der Waals surface area contributed by atoms with Crippen LogP contribution in [0.2, 0.25) is 0 Å². The van der Waals surface area contributed by atoms with Crippen molar-refractivity contribution >= 4 is 11.3 Å². The molecule has 1 aromatic carbocycles. The fourth-order valence-corrected chi connectivity index (χ4v) is 3.93. The molecule has 0 amide bonds. The Morgan fingerprint density at radius 3 is 2.86 bits per heavy atom. The zero-order chi connectivity index (χ0) is 14.9. The van der Waals surface area contributed by atoms with Gasteiger partial charge in [0.1, 0.15) is 5.01 Å². The maximum atomic E-state index is 5.44. The monoisotopic (exact) mass is 317 g/mol. The van der Waals surface area contributed by atoms with Crippen molar-refractivity contribution in [3.05, 3.63) is 23.0 Å². The number of nitrogens with zero attached hydrogens (tertiary/aromatic N) is 3. The first-order valence-corrected chi connectivity index (χ1v) is 8.59. The van der Waals surface area contributed by atoms with Gasteiger partial charge in [-0.1, -0.05) is 30.6 Å². The van der Waals surface area contributed by atoms with Crippen LogP contribution in [0.1, 0.15) is 32.1 Å². The van der Waals surface area contributed by atoms with E-state index in [-0.39, 0.29) is 0 Å². The average Bonchev–Trinajstić information content (AvgIpc) is 3.15. The van der Waals surface area contributed by atoms with Gasteiger partial charge in [-0.25, -0.2) is 4.68 Å². The second-order valence-corrected chi connectivity index (χ2v) is 6.76. The van der Waals surface area contributed by atoms with Crippen molar-refractivity contribution in [1.82, 2.24) is 9.78 Å². The van der Waals surface area contributed by atoms with Crippen LogP contribution in [0.15, 0.2) is 23.2 Å². The lowest BCUT2D eigenvalue weighted by Gasteiger charge is -2.16. The fraction of sp³-hybridized carbons (Fsp3) is 0.500. The molecule has 2 heterocycles. The molecule has 0 saturated heterocycles. The quantitative estimate of drug-likeness (QED) is 0.855. The van der Waals surface area contributed by atoms with Crippen LogP contribution in [0, 0.1) is 0 Å². The van der Waals surface area contributed by atoms with Crippen molar-refractivity contribution in [3.8, 4) is 22.1 Å². The van der Waals surface area contributed by atoms with E-state index in [1.807, 2.05) is 29.9 Å². The number of ether oxygens (including phenoxy) is 2. The molecule has 1 saturated carbocycles. The first-order chi connectivity index (χ1) is 10.8. The van der Waals surface area contributed by atoms with E-state index in [0.717, 1.165) is 26.9 Å². The average molecular weight is 317 g/mol. The van der Waals surface area contributed by atoms with Gasteiger partial charge in [-0.3, -0.25) is 4.99 Å². The first kappa shape index (κ1) is 13.8. The topological polar surface area (TPSA) is 48.6 Å². The van der Waals surface area contributed by atoms with Crippen LogP contribution < -0.4 is 14.3 Å². The van der Waals surface area contributed by atoms with Crippen LogP contribution in [0.3, 0.4) is 0 Å². The molecule has 6 heteroatoms. The number of aromatic nitrogens is 2. The van der Waals surface area contributed by atoms with Gasteiger partial charge in [0.05, 0.1) is 6.04 Å². The van der Waals surface area contributed by atoms with Gasteiger partial charge < -0.3 is 9.47 Å². The zero-order valence-electron chi connectivity index (χ0n) is 12.6. The van der Waals surface area contributed by atoms with Crippen LogP contribution in [0.4, 0.5) is 0 Å². The highest BCUT2D eigenvalue weighted by Gasteiger charge is 2.16. The third-order valence-electron chi connectivity index (χ3n) is 4.19. The Morgan fingerprint density at radius 1 is 1.18 bits per heavy atom. The molecule has 1 aromatic heterocycles. The Kier molecular flexibility index (Phi) is 3.62. The molecule has 1 aliphatic carbocycles. The van der Waals surface area contributed by atoms with E-state index in [2.05, 4.69) is 5.10 Å². The number of hydrogen-bond acceptors (Lipinski definition) is 5. The maximum Gasteiger partial charge on any atom is 0.231 e.